The van der Waals surface area contributed by atoms with E-state index in [9.17, 15) is 0 Å². The lowest BCUT2D eigenvalue weighted by Crippen LogP contribution is -2.41. The lowest BCUT2D eigenvalue weighted by atomic mass is 10.1. The summed E-state index contributed by atoms with van der Waals surface area (Å²) in [5, 5.41) is 8.17. The van der Waals surface area contributed by atoms with Crippen molar-refractivity contribution in [1.29, 1.82) is 0 Å². The van der Waals surface area contributed by atoms with Crippen molar-refractivity contribution in [3.63, 3.8) is 0 Å². The first-order valence-corrected chi connectivity index (χ1v) is 8.52. The molecule has 0 amide bonds. The molecule has 120 valence electrons. The Bertz CT molecular complexity index is 432. The lowest BCUT2D eigenvalue weighted by Gasteiger charge is -2.29. The number of aromatic nitrogens is 2. The topological polar surface area (TPSA) is 33.1 Å². The van der Waals surface area contributed by atoms with Gasteiger partial charge in [0.15, 0.2) is 0 Å². The van der Waals surface area contributed by atoms with Gasteiger partial charge in [0.1, 0.15) is 0 Å². The van der Waals surface area contributed by atoms with E-state index in [1.807, 2.05) is 11.7 Å². The second-order valence-corrected chi connectivity index (χ2v) is 6.59. The number of nitrogens with one attached hydrogen (secondary N) is 1. The fraction of sp³-hybridized carbons (Fsp3) is 0.824. The van der Waals surface area contributed by atoms with Crippen LogP contribution in [0.2, 0.25) is 0 Å². The van der Waals surface area contributed by atoms with Crippen LogP contribution in [0, 0.1) is 13.8 Å². The largest absolute Gasteiger partial charge is 0.313 e. The van der Waals surface area contributed by atoms with Crippen LogP contribution in [0.4, 0.5) is 0 Å². The second-order valence-electron chi connectivity index (χ2n) is 6.59. The minimum atomic E-state index is 0.596. The highest BCUT2D eigenvalue weighted by Crippen LogP contribution is 2.13. The molecule has 2 heterocycles. The first kappa shape index (κ1) is 16.5. The molecule has 4 nitrogen and oxygen atoms in total. The van der Waals surface area contributed by atoms with Crippen LogP contribution in [-0.4, -0.2) is 46.9 Å². The smallest absolute Gasteiger partial charge is 0.0628 e. The highest BCUT2D eigenvalue weighted by atomic mass is 15.3. The zero-order valence-corrected chi connectivity index (χ0v) is 14.3. The summed E-state index contributed by atoms with van der Waals surface area (Å²) in [4.78, 5) is 2.61. The Morgan fingerprint density at radius 3 is 2.52 bits per heavy atom. The van der Waals surface area contributed by atoms with Gasteiger partial charge in [0.2, 0.25) is 0 Å². The Labute approximate surface area is 129 Å². The first-order valence-electron chi connectivity index (χ1n) is 8.52. The van der Waals surface area contributed by atoms with Crippen molar-refractivity contribution in [1.82, 2.24) is 20.0 Å². The van der Waals surface area contributed by atoms with Crippen molar-refractivity contribution in [2.24, 2.45) is 7.05 Å². The van der Waals surface area contributed by atoms with Crippen molar-refractivity contribution in [2.75, 3.05) is 26.2 Å². The number of piperidine rings is 1. The van der Waals surface area contributed by atoms with Crippen molar-refractivity contribution >= 4 is 0 Å². The summed E-state index contributed by atoms with van der Waals surface area (Å²) < 4.78 is 2.00. The summed E-state index contributed by atoms with van der Waals surface area (Å²) in [7, 11) is 2.03. The molecule has 0 saturated carbocycles. The number of likely N-dealkylation sites (tertiary alicyclic amines) is 1. The van der Waals surface area contributed by atoms with Gasteiger partial charge in [-0.25, -0.2) is 0 Å². The summed E-state index contributed by atoms with van der Waals surface area (Å²) in [6.45, 7) is 11.5. The van der Waals surface area contributed by atoms with Gasteiger partial charge in [-0.2, -0.15) is 5.10 Å². The molecule has 2 rings (SSSR count). The molecule has 0 radical (unpaired) electrons. The van der Waals surface area contributed by atoms with Gasteiger partial charge in [0.25, 0.3) is 0 Å². The molecule has 0 aromatic carbocycles. The summed E-state index contributed by atoms with van der Waals surface area (Å²) in [6, 6.07) is 0.596. The van der Waals surface area contributed by atoms with Gasteiger partial charge in [0.05, 0.1) is 5.69 Å². The standard InChI is InChI=1S/C17H32N4/c1-14(13-21-11-6-5-7-12-21)18-10-8-9-17-15(2)19-20(4)16(17)3/h14,18H,5-13H2,1-4H3. The van der Waals surface area contributed by atoms with Crippen LogP contribution in [0.3, 0.4) is 0 Å². The molecule has 0 spiro atoms. The Hall–Kier alpha value is -0.870. The van der Waals surface area contributed by atoms with E-state index < -0.39 is 0 Å². The third-order valence-corrected chi connectivity index (χ3v) is 4.74. The molecule has 1 N–H and O–H groups in total. The van der Waals surface area contributed by atoms with E-state index in [0.29, 0.717) is 6.04 Å². The molecule has 21 heavy (non-hydrogen) atoms. The van der Waals surface area contributed by atoms with Gasteiger partial charge < -0.3 is 10.2 Å². The van der Waals surface area contributed by atoms with Crippen LogP contribution in [0.1, 0.15) is 49.6 Å². The van der Waals surface area contributed by atoms with Crippen LogP contribution in [0.5, 0.6) is 0 Å². The molecule has 0 bridgehead atoms. The third kappa shape index (κ3) is 4.82. The average molecular weight is 292 g/mol. The monoisotopic (exact) mass is 292 g/mol. The van der Waals surface area contributed by atoms with Crippen molar-refractivity contribution < 1.29 is 0 Å². The zero-order valence-electron chi connectivity index (χ0n) is 14.3. The molecular formula is C17H32N4. The van der Waals surface area contributed by atoms with Crippen molar-refractivity contribution in [3.8, 4) is 0 Å². The number of hydrogen-bond donors (Lipinski definition) is 1. The predicted molar refractivity (Wildman–Crippen MR) is 88.8 cm³/mol. The first-order chi connectivity index (χ1) is 10.1. The Morgan fingerprint density at radius 1 is 1.19 bits per heavy atom. The maximum atomic E-state index is 4.49. The Balaban J connectivity index is 1.64. The van der Waals surface area contributed by atoms with Crippen LogP contribution in [0.25, 0.3) is 0 Å². The number of rotatable bonds is 7. The molecule has 1 aliphatic heterocycles. The summed E-state index contributed by atoms with van der Waals surface area (Å²) in [6.07, 6.45) is 6.51. The van der Waals surface area contributed by atoms with Gasteiger partial charge in [-0.05, 0) is 71.7 Å². The lowest BCUT2D eigenvalue weighted by molar-refractivity contribution is 0.209. The van der Waals surface area contributed by atoms with Gasteiger partial charge in [-0.15, -0.1) is 0 Å². The summed E-state index contributed by atoms with van der Waals surface area (Å²) >= 11 is 0. The highest BCUT2D eigenvalue weighted by Gasteiger charge is 2.13. The predicted octanol–water partition coefficient (Wildman–Crippen LogP) is 2.43. The molecule has 0 aliphatic carbocycles. The molecule has 1 fully saturated rings. The van der Waals surface area contributed by atoms with E-state index >= 15 is 0 Å². The third-order valence-electron chi connectivity index (χ3n) is 4.74. The molecule has 1 aromatic rings. The molecular weight excluding hydrogens is 260 g/mol. The van der Waals surface area contributed by atoms with Gasteiger partial charge in [0, 0.05) is 25.3 Å². The molecule has 4 heteroatoms. The number of aryl methyl sites for hydroxylation is 2. The number of nitrogens with zero attached hydrogens (tertiary/aromatic N) is 3. The molecule has 1 aromatic heterocycles. The SMILES string of the molecule is Cc1nn(C)c(C)c1CCCNC(C)CN1CCCCC1. The fourth-order valence-electron chi connectivity index (χ4n) is 3.39. The normalized spacial score (nSPS) is 18.1. The Kier molecular flexibility index (Phi) is 6.24. The van der Waals surface area contributed by atoms with Crippen LogP contribution in [-0.2, 0) is 13.5 Å². The quantitative estimate of drug-likeness (QED) is 0.784. The maximum absolute atomic E-state index is 4.49. The van der Waals surface area contributed by atoms with Gasteiger partial charge >= 0.3 is 0 Å². The minimum Gasteiger partial charge on any atom is -0.313 e. The number of hydrogen-bond acceptors (Lipinski definition) is 3. The van der Waals surface area contributed by atoms with E-state index in [1.165, 1.54) is 62.3 Å². The van der Waals surface area contributed by atoms with E-state index in [0.717, 1.165) is 13.0 Å². The zero-order chi connectivity index (χ0) is 15.2. The average Bonchev–Trinajstić information content (AvgIpc) is 2.70. The van der Waals surface area contributed by atoms with Crippen molar-refractivity contribution in [3.05, 3.63) is 17.0 Å². The fourth-order valence-corrected chi connectivity index (χ4v) is 3.39. The molecule has 1 atom stereocenters. The van der Waals surface area contributed by atoms with Gasteiger partial charge in [-0.3, -0.25) is 4.68 Å². The van der Waals surface area contributed by atoms with E-state index in [4.69, 9.17) is 0 Å². The maximum Gasteiger partial charge on any atom is 0.0628 e. The highest BCUT2D eigenvalue weighted by molar-refractivity contribution is 5.24. The van der Waals surface area contributed by atoms with E-state index in [-0.39, 0.29) is 0 Å². The van der Waals surface area contributed by atoms with Crippen LogP contribution >= 0.6 is 0 Å². The van der Waals surface area contributed by atoms with Gasteiger partial charge in [-0.1, -0.05) is 6.42 Å². The van der Waals surface area contributed by atoms with E-state index in [1.54, 1.807) is 0 Å². The van der Waals surface area contributed by atoms with E-state index in [2.05, 4.69) is 36.1 Å². The molecule has 1 unspecified atom stereocenters. The van der Waals surface area contributed by atoms with Crippen molar-refractivity contribution in [2.45, 2.75) is 58.9 Å². The van der Waals surface area contributed by atoms with Crippen LogP contribution in [0.15, 0.2) is 0 Å². The molecule has 1 saturated heterocycles. The summed E-state index contributed by atoms with van der Waals surface area (Å²) in [5.74, 6) is 0. The minimum absolute atomic E-state index is 0.596. The summed E-state index contributed by atoms with van der Waals surface area (Å²) in [5.41, 5.74) is 3.94. The van der Waals surface area contributed by atoms with Crippen LogP contribution < -0.4 is 5.32 Å². The molecule has 1 aliphatic rings. The second kappa shape index (κ2) is 7.95. The Morgan fingerprint density at radius 2 is 1.90 bits per heavy atom.